The first kappa shape index (κ1) is 14.1. The monoisotopic (exact) mass is 289 g/mol. The van der Waals surface area contributed by atoms with Crippen LogP contribution in [0.15, 0.2) is 42.7 Å². The van der Waals surface area contributed by atoms with Gasteiger partial charge in [0.15, 0.2) is 5.11 Å². The molecule has 0 atom stereocenters. The van der Waals surface area contributed by atoms with Crippen LogP contribution in [-0.4, -0.2) is 24.3 Å². The molecule has 1 heterocycles. The molecule has 0 aliphatic carbocycles. The molecular formula is C14H15N3O2S. The second-order valence-electron chi connectivity index (χ2n) is 3.88. The molecule has 2 aromatic rings. The zero-order valence-electron chi connectivity index (χ0n) is 11.2. The van der Waals surface area contributed by atoms with Crippen LogP contribution in [0.25, 0.3) is 0 Å². The number of pyridine rings is 1. The van der Waals surface area contributed by atoms with E-state index in [4.69, 9.17) is 21.7 Å². The molecular weight excluding hydrogens is 274 g/mol. The second kappa shape index (κ2) is 6.72. The Bertz CT molecular complexity index is 590. The van der Waals surface area contributed by atoms with E-state index in [1.807, 2.05) is 24.3 Å². The molecule has 0 amide bonds. The number of aromatic nitrogens is 1. The average molecular weight is 289 g/mol. The predicted octanol–water partition coefficient (Wildman–Crippen LogP) is 2.91. The summed E-state index contributed by atoms with van der Waals surface area (Å²) in [5.74, 6) is 1.38. The molecule has 0 aliphatic rings. The van der Waals surface area contributed by atoms with Gasteiger partial charge in [-0.1, -0.05) is 0 Å². The Morgan fingerprint density at radius 3 is 2.45 bits per heavy atom. The highest BCUT2D eigenvalue weighted by atomic mass is 32.1. The van der Waals surface area contributed by atoms with E-state index in [1.54, 1.807) is 32.7 Å². The van der Waals surface area contributed by atoms with E-state index in [2.05, 4.69) is 15.6 Å². The van der Waals surface area contributed by atoms with Crippen LogP contribution in [0.5, 0.6) is 11.5 Å². The predicted molar refractivity (Wildman–Crippen MR) is 83.6 cm³/mol. The van der Waals surface area contributed by atoms with Crippen molar-refractivity contribution in [3.63, 3.8) is 0 Å². The van der Waals surface area contributed by atoms with Crippen LogP contribution in [0.4, 0.5) is 11.4 Å². The first-order valence-corrected chi connectivity index (χ1v) is 6.34. The number of benzene rings is 1. The molecule has 0 saturated carbocycles. The molecule has 0 aliphatic heterocycles. The van der Waals surface area contributed by atoms with E-state index < -0.39 is 0 Å². The van der Waals surface area contributed by atoms with Crippen LogP contribution in [0.1, 0.15) is 0 Å². The quantitative estimate of drug-likeness (QED) is 0.844. The topological polar surface area (TPSA) is 55.4 Å². The lowest BCUT2D eigenvalue weighted by Gasteiger charge is -2.14. The number of hydrogen-bond donors (Lipinski definition) is 2. The third-order valence-corrected chi connectivity index (χ3v) is 2.80. The van der Waals surface area contributed by atoms with Gasteiger partial charge in [-0.05, 0) is 36.5 Å². The Balaban J connectivity index is 2.07. The number of thiocarbonyl (C=S) groups is 1. The maximum absolute atomic E-state index is 5.30. The zero-order chi connectivity index (χ0) is 14.4. The smallest absolute Gasteiger partial charge is 0.175 e. The molecule has 1 aromatic carbocycles. The van der Waals surface area contributed by atoms with Gasteiger partial charge in [-0.2, -0.15) is 0 Å². The molecule has 0 fully saturated rings. The zero-order valence-corrected chi connectivity index (χ0v) is 12.0. The Labute approximate surface area is 122 Å². The lowest BCUT2D eigenvalue weighted by molar-refractivity contribution is 0.395. The highest BCUT2D eigenvalue weighted by Gasteiger charge is 2.06. The van der Waals surface area contributed by atoms with Crippen molar-refractivity contribution < 1.29 is 9.47 Å². The molecule has 1 aromatic heterocycles. The fraction of sp³-hybridized carbons (Fsp3) is 0.143. The number of rotatable bonds is 4. The number of nitrogens with zero attached hydrogens (tertiary/aromatic N) is 1. The number of anilines is 2. The summed E-state index contributed by atoms with van der Waals surface area (Å²) in [5.41, 5.74) is 1.63. The van der Waals surface area contributed by atoms with E-state index >= 15 is 0 Å². The van der Waals surface area contributed by atoms with Gasteiger partial charge in [0.1, 0.15) is 11.5 Å². The fourth-order valence-electron chi connectivity index (χ4n) is 1.62. The first-order valence-electron chi connectivity index (χ1n) is 5.93. The van der Waals surface area contributed by atoms with Crippen molar-refractivity contribution in [3.05, 3.63) is 42.7 Å². The van der Waals surface area contributed by atoms with Crippen molar-refractivity contribution >= 4 is 28.7 Å². The van der Waals surface area contributed by atoms with Crippen LogP contribution >= 0.6 is 12.2 Å². The van der Waals surface area contributed by atoms with Crippen molar-refractivity contribution in [1.29, 1.82) is 0 Å². The molecule has 2 N–H and O–H groups in total. The van der Waals surface area contributed by atoms with Crippen molar-refractivity contribution in [3.8, 4) is 11.5 Å². The number of hydrogen-bond acceptors (Lipinski definition) is 4. The molecule has 6 heteroatoms. The van der Waals surface area contributed by atoms with Crippen molar-refractivity contribution in [1.82, 2.24) is 4.98 Å². The summed E-state index contributed by atoms with van der Waals surface area (Å²) in [6.07, 6.45) is 3.39. The molecule has 0 radical (unpaired) electrons. The van der Waals surface area contributed by atoms with Gasteiger partial charge in [-0.3, -0.25) is 4.98 Å². The van der Waals surface area contributed by atoms with Gasteiger partial charge in [-0.25, -0.2) is 0 Å². The normalized spacial score (nSPS) is 9.70. The molecule has 0 spiro atoms. The van der Waals surface area contributed by atoms with Gasteiger partial charge in [0, 0.05) is 24.1 Å². The van der Waals surface area contributed by atoms with E-state index in [9.17, 15) is 0 Å². The number of nitrogens with one attached hydrogen (secondary N) is 2. The standard InChI is InChI=1S/C14H15N3O2S/c1-18-11-3-4-12(13(9-11)19-2)17-14(20)16-10-5-7-15-8-6-10/h3-9H,1-2H3,(H2,15,16,17,20). The summed E-state index contributed by atoms with van der Waals surface area (Å²) in [5, 5.41) is 6.62. The molecule has 0 unspecified atom stereocenters. The van der Waals surface area contributed by atoms with E-state index in [0.717, 1.165) is 17.1 Å². The summed E-state index contributed by atoms with van der Waals surface area (Å²) in [6.45, 7) is 0. The number of ether oxygens (including phenoxy) is 2. The fourth-order valence-corrected chi connectivity index (χ4v) is 1.85. The van der Waals surface area contributed by atoms with Gasteiger partial charge < -0.3 is 20.1 Å². The van der Waals surface area contributed by atoms with Gasteiger partial charge >= 0.3 is 0 Å². The van der Waals surface area contributed by atoms with Crippen LogP contribution in [0, 0.1) is 0 Å². The summed E-state index contributed by atoms with van der Waals surface area (Å²) in [4.78, 5) is 3.95. The van der Waals surface area contributed by atoms with Gasteiger partial charge in [0.05, 0.1) is 19.9 Å². The Morgan fingerprint density at radius 1 is 1.05 bits per heavy atom. The van der Waals surface area contributed by atoms with Crippen molar-refractivity contribution in [2.45, 2.75) is 0 Å². The Hall–Kier alpha value is -2.34. The summed E-state index contributed by atoms with van der Waals surface area (Å²) >= 11 is 5.26. The van der Waals surface area contributed by atoms with Gasteiger partial charge in [0.25, 0.3) is 0 Å². The second-order valence-corrected chi connectivity index (χ2v) is 4.29. The van der Waals surface area contributed by atoms with Crippen LogP contribution in [0.2, 0.25) is 0 Å². The highest BCUT2D eigenvalue weighted by molar-refractivity contribution is 7.80. The SMILES string of the molecule is COc1ccc(NC(=S)Nc2ccncc2)c(OC)c1. The summed E-state index contributed by atoms with van der Waals surface area (Å²) < 4.78 is 10.4. The van der Waals surface area contributed by atoms with Crippen molar-refractivity contribution in [2.24, 2.45) is 0 Å². The molecule has 20 heavy (non-hydrogen) atoms. The molecule has 0 saturated heterocycles. The van der Waals surface area contributed by atoms with Gasteiger partial charge in [0.2, 0.25) is 0 Å². The summed E-state index contributed by atoms with van der Waals surface area (Å²) in [6, 6.07) is 9.13. The maximum atomic E-state index is 5.30. The van der Waals surface area contributed by atoms with E-state index in [0.29, 0.717) is 10.9 Å². The third kappa shape index (κ3) is 3.58. The van der Waals surface area contributed by atoms with E-state index in [-0.39, 0.29) is 0 Å². The third-order valence-electron chi connectivity index (χ3n) is 2.60. The largest absolute Gasteiger partial charge is 0.497 e. The van der Waals surface area contributed by atoms with Crippen molar-refractivity contribution in [2.75, 3.05) is 24.9 Å². The molecule has 5 nitrogen and oxygen atoms in total. The minimum absolute atomic E-state index is 0.472. The average Bonchev–Trinajstić information content (AvgIpc) is 2.48. The van der Waals surface area contributed by atoms with Crippen LogP contribution in [-0.2, 0) is 0 Å². The Morgan fingerprint density at radius 2 is 1.80 bits per heavy atom. The molecule has 2 rings (SSSR count). The number of methoxy groups -OCH3 is 2. The van der Waals surface area contributed by atoms with Crippen LogP contribution < -0.4 is 20.1 Å². The molecule has 0 bridgehead atoms. The lowest BCUT2D eigenvalue weighted by Crippen LogP contribution is -2.19. The maximum Gasteiger partial charge on any atom is 0.175 e. The van der Waals surface area contributed by atoms with Crippen LogP contribution in [0.3, 0.4) is 0 Å². The summed E-state index contributed by atoms with van der Waals surface area (Å²) in [7, 11) is 3.21. The van der Waals surface area contributed by atoms with Gasteiger partial charge in [-0.15, -0.1) is 0 Å². The lowest BCUT2D eigenvalue weighted by atomic mass is 10.2. The Kier molecular flexibility index (Phi) is 4.73. The highest BCUT2D eigenvalue weighted by Crippen LogP contribution is 2.29. The first-order chi connectivity index (χ1) is 9.72. The minimum Gasteiger partial charge on any atom is -0.497 e. The minimum atomic E-state index is 0.472. The molecule has 104 valence electrons. The van der Waals surface area contributed by atoms with E-state index in [1.165, 1.54) is 0 Å².